The lowest BCUT2D eigenvalue weighted by Crippen LogP contribution is -2.29. The lowest BCUT2D eigenvalue weighted by molar-refractivity contribution is 0.0697. The number of nitriles is 1. The van der Waals surface area contributed by atoms with Crippen molar-refractivity contribution in [1.29, 1.82) is 5.26 Å². The van der Waals surface area contributed by atoms with Crippen molar-refractivity contribution in [3.63, 3.8) is 0 Å². The molecule has 2 aromatic rings. The molecule has 10 heteroatoms. The highest BCUT2D eigenvalue weighted by molar-refractivity contribution is 7.91. The van der Waals surface area contributed by atoms with Gasteiger partial charge in [-0.05, 0) is 37.1 Å². The largest absolute Gasteiger partial charge is 0.494 e. The summed E-state index contributed by atoms with van der Waals surface area (Å²) in [6.45, 7) is 1.48. The van der Waals surface area contributed by atoms with Crippen LogP contribution in [0.5, 0.6) is 5.88 Å². The molecule has 9 nitrogen and oxygen atoms in total. The molecule has 1 aromatic heterocycles. The van der Waals surface area contributed by atoms with Crippen LogP contribution in [0.1, 0.15) is 39.5 Å². The van der Waals surface area contributed by atoms with Crippen LogP contribution in [0.25, 0.3) is 0 Å². The Morgan fingerprint density at radius 2 is 2.14 bits per heavy atom. The second kappa shape index (κ2) is 7.52. The molecule has 0 saturated carbocycles. The van der Waals surface area contributed by atoms with E-state index in [4.69, 9.17) is 5.11 Å². The zero-order chi connectivity index (χ0) is 21.3. The summed E-state index contributed by atoms with van der Waals surface area (Å²) in [4.78, 5) is 27.9. The molecule has 0 amide bonds. The predicted octanol–water partition coefficient (Wildman–Crippen LogP) is 1.54. The van der Waals surface area contributed by atoms with Gasteiger partial charge in [0.15, 0.2) is 9.84 Å². The molecule has 29 heavy (non-hydrogen) atoms. The smallest absolute Gasteiger partial charge is 0.335 e. The second-order valence-corrected chi connectivity index (χ2v) is 8.92. The van der Waals surface area contributed by atoms with Crippen LogP contribution in [0.4, 0.5) is 5.69 Å². The van der Waals surface area contributed by atoms with E-state index in [0.717, 1.165) is 4.57 Å². The minimum absolute atomic E-state index is 0.0273. The van der Waals surface area contributed by atoms with E-state index in [-0.39, 0.29) is 40.2 Å². The highest BCUT2D eigenvalue weighted by Gasteiger charge is 2.33. The molecule has 1 unspecified atom stereocenters. The van der Waals surface area contributed by atoms with Crippen LogP contribution in [0.15, 0.2) is 34.1 Å². The van der Waals surface area contributed by atoms with Crippen molar-refractivity contribution in [2.24, 2.45) is 4.99 Å². The Bertz CT molecular complexity index is 1240. The number of benzene rings is 1. The van der Waals surface area contributed by atoms with Crippen LogP contribution in [0, 0.1) is 18.3 Å². The first-order chi connectivity index (χ1) is 13.6. The lowest BCUT2D eigenvalue weighted by atomic mass is 10.0. The minimum atomic E-state index is -3.33. The van der Waals surface area contributed by atoms with Gasteiger partial charge in [0.1, 0.15) is 11.6 Å². The molecule has 3 rings (SSSR count). The molecule has 1 aliphatic rings. The molecular weight excluding hydrogens is 398 g/mol. The van der Waals surface area contributed by atoms with Gasteiger partial charge in [-0.1, -0.05) is 6.07 Å². The quantitative estimate of drug-likeness (QED) is 0.719. The van der Waals surface area contributed by atoms with Crippen molar-refractivity contribution in [3.05, 3.63) is 56.9 Å². The summed E-state index contributed by atoms with van der Waals surface area (Å²) in [6.07, 6.45) is 1.38. The lowest BCUT2D eigenvalue weighted by Gasteiger charge is -2.18. The van der Waals surface area contributed by atoms with Crippen LogP contribution in [-0.4, -0.2) is 46.9 Å². The number of aliphatic imine (C=N–C) groups is 1. The second-order valence-electron chi connectivity index (χ2n) is 6.69. The predicted molar refractivity (Wildman–Crippen MR) is 105 cm³/mol. The van der Waals surface area contributed by atoms with Gasteiger partial charge in [-0.15, -0.1) is 0 Å². The van der Waals surface area contributed by atoms with Crippen molar-refractivity contribution in [2.45, 2.75) is 19.4 Å². The number of rotatable bonds is 4. The first kappa shape index (κ1) is 20.3. The van der Waals surface area contributed by atoms with Crippen molar-refractivity contribution in [3.8, 4) is 11.9 Å². The third-order valence-electron chi connectivity index (χ3n) is 4.80. The zero-order valence-electron chi connectivity index (χ0n) is 15.4. The normalized spacial score (nSPS) is 18.0. The molecule has 1 aromatic carbocycles. The monoisotopic (exact) mass is 415 g/mol. The number of hydrogen-bond acceptors (Lipinski definition) is 7. The molecule has 0 radical (unpaired) electrons. The SMILES string of the molecule is Cc1c(C=Nc2cccc(C(=O)O)c2)c(O)n(C2CCS(=O)(=O)C2)c(=O)c1C#N. The summed E-state index contributed by atoms with van der Waals surface area (Å²) >= 11 is 0. The standard InChI is InChI=1S/C19H17N3O6S/c1-11-15(8-20)17(23)22(14-5-6-29(27,28)10-14)18(24)16(11)9-21-13-4-2-3-12(7-13)19(25)26/h2-4,7,9,14,24H,5-6,10H2,1H3,(H,25,26). The molecule has 0 aliphatic carbocycles. The molecule has 0 bridgehead atoms. The number of aromatic hydroxyl groups is 1. The minimum Gasteiger partial charge on any atom is -0.494 e. The number of aromatic carboxylic acids is 1. The maximum atomic E-state index is 12.7. The Kier molecular flexibility index (Phi) is 5.26. The van der Waals surface area contributed by atoms with E-state index in [9.17, 15) is 28.4 Å². The summed E-state index contributed by atoms with van der Waals surface area (Å²) in [7, 11) is -3.33. The molecule has 2 heterocycles. The van der Waals surface area contributed by atoms with E-state index in [1.807, 2.05) is 0 Å². The van der Waals surface area contributed by atoms with Gasteiger partial charge in [0.05, 0.1) is 34.4 Å². The number of pyridine rings is 1. The van der Waals surface area contributed by atoms with E-state index in [2.05, 4.69) is 4.99 Å². The van der Waals surface area contributed by atoms with Gasteiger partial charge < -0.3 is 10.2 Å². The van der Waals surface area contributed by atoms with E-state index in [1.165, 1.54) is 31.3 Å². The molecule has 2 N–H and O–H groups in total. The molecule has 0 spiro atoms. The highest BCUT2D eigenvalue weighted by atomic mass is 32.2. The first-order valence-electron chi connectivity index (χ1n) is 8.60. The fourth-order valence-corrected chi connectivity index (χ4v) is 4.97. The van der Waals surface area contributed by atoms with E-state index in [0.29, 0.717) is 5.69 Å². The molecular formula is C19H17N3O6S. The molecule has 1 fully saturated rings. The van der Waals surface area contributed by atoms with Crippen molar-refractivity contribution in [2.75, 3.05) is 11.5 Å². The molecule has 1 saturated heterocycles. The van der Waals surface area contributed by atoms with Gasteiger partial charge in [-0.3, -0.25) is 14.4 Å². The van der Waals surface area contributed by atoms with Crippen LogP contribution in [-0.2, 0) is 9.84 Å². The highest BCUT2D eigenvalue weighted by Crippen LogP contribution is 2.29. The Morgan fingerprint density at radius 1 is 1.41 bits per heavy atom. The summed E-state index contributed by atoms with van der Waals surface area (Å²) in [5.74, 6) is -2.01. The van der Waals surface area contributed by atoms with Gasteiger partial charge in [-0.2, -0.15) is 5.26 Å². The van der Waals surface area contributed by atoms with Gasteiger partial charge in [-0.25, -0.2) is 13.2 Å². The van der Waals surface area contributed by atoms with Crippen molar-refractivity contribution in [1.82, 2.24) is 4.57 Å². The molecule has 1 aliphatic heterocycles. The third-order valence-corrected chi connectivity index (χ3v) is 6.55. The van der Waals surface area contributed by atoms with Gasteiger partial charge in [0.2, 0.25) is 5.88 Å². The average molecular weight is 415 g/mol. The molecule has 150 valence electrons. The number of hydrogen-bond donors (Lipinski definition) is 2. The van der Waals surface area contributed by atoms with Gasteiger partial charge >= 0.3 is 5.97 Å². The van der Waals surface area contributed by atoms with Crippen LogP contribution in [0.2, 0.25) is 0 Å². The van der Waals surface area contributed by atoms with Crippen LogP contribution in [0.3, 0.4) is 0 Å². The van der Waals surface area contributed by atoms with Gasteiger partial charge in [0.25, 0.3) is 5.56 Å². The van der Waals surface area contributed by atoms with E-state index >= 15 is 0 Å². The number of carboxylic acids is 1. The Labute approximate surface area is 166 Å². The Balaban J connectivity index is 2.13. The fourth-order valence-electron chi connectivity index (χ4n) is 3.27. The number of nitrogens with zero attached hydrogens (tertiary/aromatic N) is 3. The Hall–Kier alpha value is -3.45. The van der Waals surface area contributed by atoms with Crippen molar-refractivity contribution >= 4 is 27.7 Å². The number of carbonyl (C=O) groups is 1. The fraction of sp³-hybridized carbons (Fsp3) is 0.263. The van der Waals surface area contributed by atoms with Crippen molar-refractivity contribution < 1.29 is 23.4 Å². The summed E-state index contributed by atoms with van der Waals surface area (Å²) in [6, 6.07) is 6.82. The number of aromatic nitrogens is 1. The summed E-state index contributed by atoms with van der Waals surface area (Å²) in [5, 5.41) is 29.2. The van der Waals surface area contributed by atoms with E-state index in [1.54, 1.807) is 12.1 Å². The maximum Gasteiger partial charge on any atom is 0.335 e. The number of carboxylic acid groups (broad SMARTS) is 1. The van der Waals surface area contributed by atoms with Crippen LogP contribution >= 0.6 is 0 Å². The topological polar surface area (TPSA) is 150 Å². The first-order valence-corrected chi connectivity index (χ1v) is 10.4. The third kappa shape index (κ3) is 3.90. The summed E-state index contributed by atoms with van der Waals surface area (Å²) < 4.78 is 24.5. The molecule has 1 atom stereocenters. The van der Waals surface area contributed by atoms with E-state index < -0.39 is 33.3 Å². The van der Waals surface area contributed by atoms with Crippen LogP contribution < -0.4 is 5.56 Å². The average Bonchev–Trinajstić information content (AvgIpc) is 3.01. The zero-order valence-corrected chi connectivity index (χ0v) is 16.2. The maximum absolute atomic E-state index is 12.7. The summed E-state index contributed by atoms with van der Waals surface area (Å²) in [5.41, 5.74) is -0.360. The Morgan fingerprint density at radius 3 is 2.72 bits per heavy atom. The number of sulfone groups is 1. The van der Waals surface area contributed by atoms with Gasteiger partial charge in [0, 0.05) is 6.21 Å².